The summed E-state index contributed by atoms with van der Waals surface area (Å²) in [5, 5.41) is 3.42. The van der Waals surface area contributed by atoms with Crippen molar-refractivity contribution < 1.29 is 13.9 Å². The monoisotopic (exact) mass is 474 g/mol. The van der Waals surface area contributed by atoms with Gasteiger partial charge in [-0.25, -0.2) is 9.37 Å². The van der Waals surface area contributed by atoms with Crippen LogP contribution in [0, 0.1) is 5.82 Å². The summed E-state index contributed by atoms with van der Waals surface area (Å²) in [6.07, 6.45) is 0. The Balaban J connectivity index is 1.74. The summed E-state index contributed by atoms with van der Waals surface area (Å²) in [6.45, 7) is 6.59. The number of piperazine rings is 2. The minimum absolute atomic E-state index is 0.0854. The maximum atomic E-state index is 14.9. The van der Waals surface area contributed by atoms with E-state index in [0.717, 1.165) is 13.1 Å². The number of nitrogen functional groups attached to an aromatic ring is 1. The third-order valence-corrected chi connectivity index (χ3v) is 7.06. The van der Waals surface area contributed by atoms with Crippen molar-refractivity contribution in [2.45, 2.75) is 19.0 Å². The van der Waals surface area contributed by atoms with Crippen LogP contribution in [-0.4, -0.2) is 85.7 Å². The lowest BCUT2D eigenvalue weighted by Gasteiger charge is -2.40. The highest BCUT2D eigenvalue weighted by atomic mass is 35.5. The van der Waals surface area contributed by atoms with Crippen LogP contribution >= 0.6 is 11.6 Å². The van der Waals surface area contributed by atoms with Gasteiger partial charge in [0.15, 0.2) is 5.75 Å². The highest BCUT2D eigenvalue weighted by Gasteiger charge is 2.39. The molecule has 3 aliphatic heterocycles. The molecule has 3 N–H and O–H groups in total. The van der Waals surface area contributed by atoms with Crippen molar-refractivity contribution >= 4 is 29.0 Å². The summed E-state index contributed by atoms with van der Waals surface area (Å²) >= 11 is 6.79. The van der Waals surface area contributed by atoms with Crippen LogP contribution in [0.15, 0.2) is 18.2 Å². The van der Waals surface area contributed by atoms with Crippen LogP contribution in [0.3, 0.4) is 0 Å². The second-order valence-corrected chi connectivity index (χ2v) is 9.36. The highest BCUT2D eigenvalue weighted by molar-refractivity contribution is 6.35. The van der Waals surface area contributed by atoms with Crippen LogP contribution in [0.4, 0.5) is 15.9 Å². The van der Waals surface area contributed by atoms with Crippen molar-refractivity contribution in [1.82, 2.24) is 20.1 Å². The molecule has 0 bridgehead atoms. The molecule has 10 heteroatoms. The topological polar surface area (TPSA) is 87.0 Å². The number of pyridine rings is 1. The molecule has 176 valence electrons. The molecule has 2 saturated heterocycles. The Bertz CT molecular complexity index is 1080. The number of nitrogens with zero attached hydrogens (tertiary/aromatic N) is 4. The number of likely N-dealkylation sites (N-methyl/N-ethyl adjacent to an activating group) is 1. The summed E-state index contributed by atoms with van der Waals surface area (Å²) in [4.78, 5) is 24.8. The summed E-state index contributed by atoms with van der Waals surface area (Å²) in [5.74, 6) is 0.0440. The third-order valence-electron chi connectivity index (χ3n) is 6.71. The smallest absolute Gasteiger partial charge is 0.261 e. The van der Waals surface area contributed by atoms with Crippen LogP contribution in [0.5, 0.6) is 5.75 Å². The quantitative estimate of drug-likeness (QED) is 0.644. The van der Waals surface area contributed by atoms with Gasteiger partial charge in [0, 0.05) is 51.0 Å². The van der Waals surface area contributed by atoms with Crippen molar-refractivity contribution in [3.63, 3.8) is 0 Å². The molecule has 3 aliphatic rings. The number of halogens is 2. The molecule has 33 heavy (non-hydrogen) atoms. The molecule has 4 heterocycles. The number of amides is 1. The standard InChI is InChI=1S/C23H28ClFN6O2/c1-13-11-29(2)8-9-30(13)22-18-21(33-12-14-10-27-6-7-31(14)23(18)32)19(24)20(28-22)17-15(25)4-3-5-16(17)26/h3-5,13-14,27H,6-12,26H2,1-2H3/t13-,14+/m0/s1. The van der Waals surface area contributed by atoms with E-state index in [4.69, 9.17) is 27.1 Å². The van der Waals surface area contributed by atoms with Gasteiger partial charge in [-0.2, -0.15) is 0 Å². The Labute approximate surface area is 197 Å². The van der Waals surface area contributed by atoms with Crippen molar-refractivity contribution in [2.75, 3.05) is 63.6 Å². The van der Waals surface area contributed by atoms with Gasteiger partial charge in [0.05, 0.1) is 11.6 Å². The van der Waals surface area contributed by atoms with Gasteiger partial charge >= 0.3 is 0 Å². The van der Waals surface area contributed by atoms with Gasteiger partial charge in [-0.05, 0) is 26.1 Å². The molecule has 8 nitrogen and oxygen atoms in total. The largest absolute Gasteiger partial charge is 0.489 e. The second kappa shape index (κ2) is 8.62. The zero-order valence-corrected chi connectivity index (χ0v) is 19.5. The lowest BCUT2D eigenvalue weighted by atomic mass is 10.0. The summed E-state index contributed by atoms with van der Waals surface area (Å²) in [7, 11) is 2.06. The molecule has 0 spiro atoms. The highest BCUT2D eigenvalue weighted by Crippen LogP contribution is 2.45. The maximum absolute atomic E-state index is 14.9. The molecule has 2 fully saturated rings. The van der Waals surface area contributed by atoms with E-state index in [1.807, 2.05) is 4.90 Å². The molecule has 1 amide bonds. The fourth-order valence-corrected chi connectivity index (χ4v) is 5.26. The van der Waals surface area contributed by atoms with E-state index in [9.17, 15) is 9.18 Å². The van der Waals surface area contributed by atoms with Gasteiger partial charge in [0.1, 0.15) is 34.5 Å². The zero-order chi connectivity index (χ0) is 23.3. The number of aromatic nitrogens is 1. The first-order chi connectivity index (χ1) is 15.9. The lowest BCUT2D eigenvalue weighted by Crippen LogP contribution is -2.55. The Morgan fingerprint density at radius 1 is 1.24 bits per heavy atom. The fraction of sp³-hybridized carbons (Fsp3) is 0.478. The molecule has 5 rings (SSSR count). The van der Waals surface area contributed by atoms with Crippen molar-refractivity contribution in [3.8, 4) is 17.0 Å². The van der Waals surface area contributed by atoms with Crippen LogP contribution < -0.4 is 20.7 Å². The molecule has 0 unspecified atom stereocenters. The zero-order valence-electron chi connectivity index (χ0n) is 18.8. The van der Waals surface area contributed by atoms with E-state index >= 15 is 0 Å². The second-order valence-electron chi connectivity index (χ2n) is 8.98. The lowest BCUT2D eigenvalue weighted by molar-refractivity contribution is 0.0606. The number of rotatable bonds is 2. The summed E-state index contributed by atoms with van der Waals surface area (Å²) < 4.78 is 21.1. The van der Waals surface area contributed by atoms with Gasteiger partial charge in [-0.1, -0.05) is 17.7 Å². The minimum atomic E-state index is -0.525. The number of hydrogen-bond acceptors (Lipinski definition) is 7. The number of nitrogens with two attached hydrogens (primary N) is 1. The van der Waals surface area contributed by atoms with E-state index in [2.05, 4.69) is 29.1 Å². The molecular weight excluding hydrogens is 447 g/mol. The predicted octanol–water partition coefficient (Wildman–Crippen LogP) is 2.07. The van der Waals surface area contributed by atoms with Gasteiger partial charge in [-0.15, -0.1) is 0 Å². The number of ether oxygens (including phenoxy) is 1. The first-order valence-corrected chi connectivity index (χ1v) is 11.6. The van der Waals surface area contributed by atoms with Gasteiger partial charge < -0.3 is 30.5 Å². The normalized spacial score (nSPS) is 23.6. The number of anilines is 2. The Morgan fingerprint density at radius 2 is 2.06 bits per heavy atom. The maximum Gasteiger partial charge on any atom is 0.261 e. The van der Waals surface area contributed by atoms with Crippen LogP contribution in [0.25, 0.3) is 11.3 Å². The van der Waals surface area contributed by atoms with E-state index < -0.39 is 5.82 Å². The number of carbonyl (C=O) groups excluding carboxylic acids is 1. The van der Waals surface area contributed by atoms with Crippen molar-refractivity contribution in [3.05, 3.63) is 34.6 Å². The van der Waals surface area contributed by atoms with E-state index in [1.165, 1.54) is 6.07 Å². The minimum Gasteiger partial charge on any atom is -0.489 e. The Kier molecular flexibility index (Phi) is 5.80. The van der Waals surface area contributed by atoms with Crippen LogP contribution in [0.1, 0.15) is 17.3 Å². The first kappa shape index (κ1) is 22.2. The fourth-order valence-electron chi connectivity index (χ4n) is 4.98. The Morgan fingerprint density at radius 3 is 2.82 bits per heavy atom. The van der Waals surface area contributed by atoms with Crippen molar-refractivity contribution in [2.24, 2.45) is 0 Å². The molecule has 0 saturated carbocycles. The molecule has 2 aromatic rings. The van der Waals surface area contributed by atoms with Crippen molar-refractivity contribution in [1.29, 1.82) is 0 Å². The number of fused-ring (bicyclic) bond motifs is 2. The van der Waals surface area contributed by atoms with E-state index in [0.29, 0.717) is 44.2 Å². The van der Waals surface area contributed by atoms with Gasteiger partial charge in [-0.3, -0.25) is 4.79 Å². The predicted molar refractivity (Wildman–Crippen MR) is 127 cm³/mol. The number of carbonyl (C=O) groups is 1. The number of benzene rings is 1. The van der Waals surface area contributed by atoms with Gasteiger partial charge in [0.2, 0.25) is 0 Å². The molecule has 1 aromatic heterocycles. The van der Waals surface area contributed by atoms with Crippen LogP contribution in [-0.2, 0) is 0 Å². The molecular formula is C23H28ClFN6O2. The number of nitrogens with one attached hydrogen (secondary N) is 1. The van der Waals surface area contributed by atoms with E-state index in [1.54, 1.807) is 12.1 Å². The average Bonchev–Trinajstić information content (AvgIpc) is 2.93. The SMILES string of the molecule is C[C@H]1CN(C)CCN1c1nc(-c2c(N)cccc2F)c(Cl)c2c1C(=O)N1CCNC[C@@H]1CO2. The third kappa shape index (κ3) is 3.78. The summed E-state index contributed by atoms with van der Waals surface area (Å²) in [5.41, 5.74) is 7.03. The first-order valence-electron chi connectivity index (χ1n) is 11.2. The van der Waals surface area contributed by atoms with Crippen LogP contribution in [0.2, 0.25) is 5.02 Å². The molecule has 0 radical (unpaired) electrons. The average molecular weight is 475 g/mol. The molecule has 0 aliphatic carbocycles. The molecule has 1 aromatic carbocycles. The molecule has 2 atom stereocenters. The number of hydrogen-bond donors (Lipinski definition) is 2. The van der Waals surface area contributed by atoms with Gasteiger partial charge in [0.25, 0.3) is 5.91 Å². The van der Waals surface area contributed by atoms with E-state index in [-0.39, 0.29) is 45.7 Å². The Hall–Kier alpha value is -2.62. The summed E-state index contributed by atoms with van der Waals surface area (Å²) in [6, 6.07) is 4.44.